The molecule has 0 aliphatic rings. The fourth-order valence-electron chi connectivity index (χ4n) is 1.88. The number of nitrogens with zero attached hydrogens (tertiary/aromatic N) is 1. The first-order valence-electron chi connectivity index (χ1n) is 6.60. The van der Waals surface area contributed by atoms with E-state index in [0.29, 0.717) is 15.8 Å². The predicted molar refractivity (Wildman–Crippen MR) is 94.1 cm³/mol. The monoisotopic (exact) mass is 365 g/mol. The van der Waals surface area contributed by atoms with Crippen molar-refractivity contribution in [3.63, 3.8) is 0 Å². The van der Waals surface area contributed by atoms with Gasteiger partial charge in [0.25, 0.3) is 10.0 Å². The first-order chi connectivity index (χ1) is 11.0. The molecule has 5 nitrogen and oxygen atoms in total. The van der Waals surface area contributed by atoms with E-state index in [9.17, 15) is 8.42 Å². The molecule has 0 fully saturated rings. The quantitative estimate of drug-likeness (QED) is 0.705. The molecule has 2 N–H and O–H groups in total. The zero-order valence-corrected chi connectivity index (χ0v) is 14.1. The zero-order valence-electron chi connectivity index (χ0n) is 11.7. The van der Waals surface area contributed by atoms with Crippen LogP contribution in [0.1, 0.15) is 0 Å². The van der Waals surface area contributed by atoms with E-state index >= 15 is 0 Å². The number of sulfonamides is 1. The van der Waals surface area contributed by atoms with Crippen molar-refractivity contribution in [2.45, 2.75) is 4.21 Å². The lowest BCUT2D eigenvalue weighted by Crippen LogP contribution is -2.13. The fourth-order valence-corrected chi connectivity index (χ4v) is 4.43. The fraction of sp³-hybridized carbons (Fsp3) is 0. The number of benzene rings is 1. The van der Waals surface area contributed by atoms with Gasteiger partial charge >= 0.3 is 0 Å². The van der Waals surface area contributed by atoms with Crippen molar-refractivity contribution in [2.24, 2.45) is 0 Å². The maximum atomic E-state index is 12.4. The Kier molecular flexibility index (Phi) is 4.51. The average Bonchev–Trinajstić information content (AvgIpc) is 2.98. The maximum Gasteiger partial charge on any atom is 0.271 e. The Morgan fingerprint density at radius 1 is 1.00 bits per heavy atom. The summed E-state index contributed by atoms with van der Waals surface area (Å²) >= 11 is 6.81. The first-order valence-corrected chi connectivity index (χ1v) is 9.27. The van der Waals surface area contributed by atoms with E-state index in [0.717, 1.165) is 17.0 Å². The molecule has 1 aromatic carbocycles. The van der Waals surface area contributed by atoms with Crippen LogP contribution in [0, 0.1) is 0 Å². The van der Waals surface area contributed by atoms with Crippen LogP contribution in [0.25, 0.3) is 0 Å². The van der Waals surface area contributed by atoms with Crippen molar-refractivity contribution >= 4 is 50.2 Å². The van der Waals surface area contributed by atoms with Crippen LogP contribution in [0.2, 0.25) is 4.34 Å². The van der Waals surface area contributed by atoms with Gasteiger partial charge in [0.05, 0.1) is 10.0 Å². The SMILES string of the molecule is O=S(=O)(Nc1cccnc1Nc1ccccc1)c1ccc(Cl)s1. The van der Waals surface area contributed by atoms with Gasteiger partial charge in [0, 0.05) is 11.9 Å². The highest BCUT2D eigenvalue weighted by Crippen LogP contribution is 2.29. The Morgan fingerprint density at radius 3 is 2.48 bits per heavy atom. The summed E-state index contributed by atoms with van der Waals surface area (Å²) in [5.74, 6) is 0.421. The largest absolute Gasteiger partial charge is 0.338 e. The molecule has 0 bridgehead atoms. The van der Waals surface area contributed by atoms with Gasteiger partial charge in [0.15, 0.2) is 5.82 Å². The maximum absolute atomic E-state index is 12.4. The number of hydrogen-bond donors (Lipinski definition) is 2. The van der Waals surface area contributed by atoms with Crippen molar-refractivity contribution < 1.29 is 8.42 Å². The van der Waals surface area contributed by atoms with Gasteiger partial charge in [-0.15, -0.1) is 11.3 Å². The number of nitrogens with one attached hydrogen (secondary N) is 2. The topological polar surface area (TPSA) is 71.1 Å². The highest BCUT2D eigenvalue weighted by atomic mass is 35.5. The van der Waals surface area contributed by atoms with Crippen LogP contribution in [-0.4, -0.2) is 13.4 Å². The average molecular weight is 366 g/mol. The molecule has 0 amide bonds. The molecule has 0 saturated carbocycles. The molecule has 118 valence electrons. The molecule has 0 radical (unpaired) electrons. The van der Waals surface area contributed by atoms with Crippen LogP contribution < -0.4 is 10.0 Å². The predicted octanol–water partition coefficient (Wildman–Crippen LogP) is 4.34. The summed E-state index contributed by atoms with van der Waals surface area (Å²) in [5, 5.41) is 3.09. The third-order valence-electron chi connectivity index (χ3n) is 2.90. The minimum Gasteiger partial charge on any atom is -0.338 e. The van der Waals surface area contributed by atoms with Gasteiger partial charge in [0.2, 0.25) is 0 Å². The first kappa shape index (κ1) is 15.8. The van der Waals surface area contributed by atoms with Crippen molar-refractivity contribution in [1.82, 2.24) is 4.98 Å². The van der Waals surface area contributed by atoms with Gasteiger partial charge in [-0.2, -0.15) is 0 Å². The summed E-state index contributed by atoms with van der Waals surface area (Å²) in [5.41, 5.74) is 1.17. The number of hydrogen-bond acceptors (Lipinski definition) is 5. The molecule has 23 heavy (non-hydrogen) atoms. The summed E-state index contributed by atoms with van der Waals surface area (Å²) in [6, 6.07) is 15.7. The van der Waals surface area contributed by atoms with Crippen LogP contribution >= 0.6 is 22.9 Å². The summed E-state index contributed by atoms with van der Waals surface area (Å²) < 4.78 is 27.9. The van der Waals surface area contributed by atoms with Crippen LogP contribution in [0.5, 0.6) is 0 Å². The van der Waals surface area contributed by atoms with Crippen LogP contribution in [-0.2, 0) is 10.0 Å². The van der Waals surface area contributed by atoms with Crippen molar-refractivity contribution in [3.8, 4) is 0 Å². The second kappa shape index (κ2) is 6.57. The summed E-state index contributed by atoms with van der Waals surface area (Å²) in [6.45, 7) is 0. The van der Waals surface area contributed by atoms with E-state index in [4.69, 9.17) is 11.6 Å². The normalized spacial score (nSPS) is 11.2. The van der Waals surface area contributed by atoms with Crippen LogP contribution in [0.15, 0.2) is 65.0 Å². The van der Waals surface area contributed by atoms with Crippen molar-refractivity contribution in [1.29, 1.82) is 0 Å². The molecule has 2 heterocycles. The molecule has 0 spiro atoms. The number of halogens is 1. The number of para-hydroxylation sites is 1. The number of aromatic nitrogens is 1. The third kappa shape index (κ3) is 3.82. The molecule has 8 heteroatoms. The van der Waals surface area contributed by atoms with Crippen LogP contribution in [0.3, 0.4) is 0 Å². The highest BCUT2D eigenvalue weighted by molar-refractivity contribution is 7.94. The lowest BCUT2D eigenvalue weighted by Gasteiger charge is -2.12. The smallest absolute Gasteiger partial charge is 0.271 e. The van der Waals surface area contributed by atoms with Crippen molar-refractivity contribution in [2.75, 3.05) is 10.0 Å². The van der Waals surface area contributed by atoms with E-state index < -0.39 is 10.0 Å². The standard InChI is InChI=1S/C15H12ClN3O2S2/c16-13-8-9-14(22-13)23(20,21)19-12-7-4-10-17-15(12)18-11-5-2-1-3-6-11/h1-10,19H,(H,17,18). The van der Waals surface area contributed by atoms with Gasteiger partial charge in [0.1, 0.15) is 4.21 Å². The van der Waals surface area contributed by atoms with E-state index in [1.807, 2.05) is 30.3 Å². The Morgan fingerprint density at radius 2 is 1.78 bits per heavy atom. The second-order valence-corrected chi connectivity index (χ2v) is 8.18. The molecule has 0 aliphatic carbocycles. The molecule has 3 aromatic rings. The Bertz CT molecular complexity index is 911. The number of thiophene rings is 1. The lowest BCUT2D eigenvalue weighted by atomic mass is 10.3. The van der Waals surface area contributed by atoms with Crippen molar-refractivity contribution in [3.05, 3.63) is 65.1 Å². The van der Waals surface area contributed by atoms with E-state index in [-0.39, 0.29) is 4.21 Å². The van der Waals surface area contributed by atoms with Gasteiger partial charge in [-0.3, -0.25) is 4.72 Å². The number of anilines is 3. The minimum atomic E-state index is -3.70. The van der Waals surface area contributed by atoms with Gasteiger partial charge in [-0.1, -0.05) is 29.8 Å². The molecular weight excluding hydrogens is 354 g/mol. The van der Waals surface area contributed by atoms with E-state index in [1.165, 1.54) is 6.07 Å². The highest BCUT2D eigenvalue weighted by Gasteiger charge is 2.18. The molecule has 3 rings (SSSR count). The van der Waals surface area contributed by atoms with E-state index in [2.05, 4.69) is 15.0 Å². The molecule has 0 atom stereocenters. The Labute approximate surface area is 143 Å². The molecule has 0 aliphatic heterocycles. The number of rotatable bonds is 5. The Balaban J connectivity index is 1.89. The number of pyridine rings is 1. The molecule has 2 aromatic heterocycles. The van der Waals surface area contributed by atoms with E-state index in [1.54, 1.807) is 24.4 Å². The lowest BCUT2D eigenvalue weighted by molar-refractivity contribution is 0.603. The Hall–Kier alpha value is -2.09. The third-order valence-corrected chi connectivity index (χ3v) is 5.99. The molecule has 0 unspecified atom stereocenters. The minimum absolute atomic E-state index is 0.150. The summed E-state index contributed by atoms with van der Waals surface area (Å²) in [4.78, 5) is 4.20. The van der Waals surface area contributed by atoms with Gasteiger partial charge in [-0.05, 0) is 36.4 Å². The second-order valence-electron chi connectivity index (χ2n) is 4.55. The van der Waals surface area contributed by atoms with Gasteiger partial charge in [-0.25, -0.2) is 13.4 Å². The summed E-state index contributed by atoms with van der Waals surface area (Å²) in [6.07, 6.45) is 1.59. The van der Waals surface area contributed by atoms with Crippen LogP contribution in [0.4, 0.5) is 17.2 Å². The summed E-state index contributed by atoms with van der Waals surface area (Å²) in [7, 11) is -3.70. The molecule has 0 saturated heterocycles. The van der Waals surface area contributed by atoms with Gasteiger partial charge < -0.3 is 5.32 Å². The molecular formula is C15H12ClN3O2S2. The zero-order chi connectivity index (χ0) is 16.3.